The van der Waals surface area contributed by atoms with E-state index < -0.39 is 27.6 Å². The standard InChI is InChI=1S/C20H23ClFNO3S/c1-5-17(23-27(25)20(2,3)4)15-9-10-16(21)19(18(15)22)26-14-8-6-7-13(11-14)12-24/h6-12,17,23H,5H2,1-4H3/t17-,27-/m0/s1. The number of ether oxygens (including phenoxy) is 1. The molecular weight excluding hydrogens is 389 g/mol. The van der Waals surface area contributed by atoms with Crippen LogP contribution < -0.4 is 9.46 Å². The lowest BCUT2D eigenvalue weighted by Crippen LogP contribution is -2.35. The highest BCUT2D eigenvalue weighted by Gasteiger charge is 2.26. The molecule has 0 spiro atoms. The minimum Gasteiger partial charge on any atom is -0.453 e. The van der Waals surface area contributed by atoms with Crippen LogP contribution in [0.5, 0.6) is 11.5 Å². The summed E-state index contributed by atoms with van der Waals surface area (Å²) in [6, 6.07) is 9.01. The van der Waals surface area contributed by atoms with Gasteiger partial charge in [0.1, 0.15) is 12.0 Å². The molecule has 0 saturated carbocycles. The van der Waals surface area contributed by atoms with Gasteiger partial charge in [-0.05, 0) is 45.4 Å². The second-order valence-corrected chi connectivity index (χ2v) is 9.44. The van der Waals surface area contributed by atoms with Crippen molar-refractivity contribution in [2.75, 3.05) is 0 Å². The minimum absolute atomic E-state index is 0.111. The Bertz CT molecular complexity index is 852. The summed E-state index contributed by atoms with van der Waals surface area (Å²) in [5.74, 6) is -0.444. The third-order valence-corrected chi connectivity index (χ3v) is 5.79. The number of aldehydes is 1. The molecule has 0 amide bonds. The number of benzene rings is 2. The fourth-order valence-electron chi connectivity index (χ4n) is 2.35. The summed E-state index contributed by atoms with van der Waals surface area (Å²) in [6.45, 7) is 7.40. The maximum atomic E-state index is 15.2. The molecule has 1 N–H and O–H groups in total. The highest BCUT2D eigenvalue weighted by atomic mass is 35.5. The van der Waals surface area contributed by atoms with Crippen LogP contribution in [0.3, 0.4) is 0 Å². The summed E-state index contributed by atoms with van der Waals surface area (Å²) >= 11 is 6.14. The van der Waals surface area contributed by atoms with Crippen molar-refractivity contribution in [2.45, 2.75) is 44.9 Å². The van der Waals surface area contributed by atoms with Gasteiger partial charge in [-0.15, -0.1) is 0 Å². The molecule has 0 radical (unpaired) electrons. The van der Waals surface area contributed by atoms with E-state index in [9.17, 15) is 9.00 Å². The van der Waals surface area contributed by atoms with Crippen LogP contribution in [0, 0.1) is 5.82 Å². The summed E-state index contributed by atoms with van der Waals surface area (Å²) in [6.07, 6.45) is 1.21. The lowest BCUT2D eigenvalue weighted by Gasteiger charge is -2.24. The molecule has 27 heavy (non-hydrogen) atoms. The first-order chi connectivity index (χ1) is 12.7. The van der Waals surface area contributed by atoms with Crippen LogP contribution >= 0.6 is 11.6 Å². The van der Waals surface area contributed by atoms with E-state index in [1.807, 2.05) is 27.7 Å². The van der Waals surface area contributed by atoms with E-state index in [4.69, 9.17) is 16.3 Å². The molecule has 146 valence electrons. The van der Waals surface area contributed by atoms with E-state index >= 15 is 4.39 Å². The van der Waals surface area contributed by atoms with Crippen molar-refractivity contribution >= 4 is 28.9 Å². The summed E-state index contributed by atoms with van der Waals surface area (Å²) < 4.78 is 35.7. The first-order valence-corrected chi connectivity index (χ1v) is 10.1. The molecule has 2 atom stereocenters. The van der Waals surface area contributed by atoms with Gasteiger partial charge in [0.25, 0.3) is 0 Å². The predicted molar refractivity (Wildman–Crippen MR) is 107 cm³/mol. The Hall–Kier alpha value is -1.76. The van der Waals surface area contributed by atoms with Gasteiger partial charge in [-0.25, -0.2) is 13.3 Å². The third kappa shape index (κ3) is 5.37. The van der Waals surface area contributed by atoms with Crippen LogP contribution in [-0.4, -0.2) is 15.2 Å². The molecule has 0 heterocycles. The quantitative estimate of drug-likeness (QED) is 0.604. The van der Waals surface area contributed by atoms with Crippen molar-refractivity contribution in [3.8, 4) is 11.5 Å². The summed E-state index contributed by atoms with van der Waals surface area (Å²) in [4.78, 5) is 10.9. The van der Waals surface area contributed by atoms with Crippen molar-refractivity contribution in [3.05, 3.63) is 58.4 Å². The van der Waals surface area contributed by atoms with Gasteiger partial charge in [-0.1, -0.05) is 36.7 Å². The molecule has 0 unspecified atom stereocenters. The number of nitrogens with one attached hydrogen (secondary N) is 1. The average Bonchev–Trinajstić information content (AvgIpc) is 2.63. The van der Waals surface area contributed by atoms with Crippen molar-refractivity contribution in [2.24, 2.45) is 0 Å². The van der Waals surface area contributed by atoms with Gasteiger partial charge < -0.3 is 4.74 Å². The molecule has 0 aromatic heterocycles. The van der Waals surface area contributed by atoms with Crippen LogP contribution in [0.1, 0.15) is 56.1 Å². The van der Waals surface area contributed by atoms with Gasteiger partial charge in [0.15, 0.2) is 11.6 Å². The van der Waals surface area contributed by atoms with E-state index in [1.165, 1.54) is 6.07 Å². The van der Waals surface area contributed by atoms with E-state index in [2.05, 4.69) is 4.72 Å². The molecule has 4 nitrogen and oxygen atoms in total. The van der Waals surface area contributed by atoms with E-state index in [0.29, 0.717) is 29.6 Å². The molecule has 0 aliphatic rings. The summed E-state index contributed by atoms with van der Waals surface area (Å²) in [5.41, 5.74) is 0.731. The van der Waals surface area contributed by atoms with Crippen LogP contribution in [0.4, 0.5) is 4.39 Å². The van der Waals surface area contributed by atoms with E-state index in [-0.39, 0.29) is 10.8 Å². The molecule has 0 aliphatic heterocycles. The lowest BCUT2D eigenvalue weighted by atomic mass is 10.0. The monoisotopic (exact) mass is 411 g/mol. The van der Waals surface area contributed by atoms with Crippen LogP contribution in [-0.2, 0) is 11.0 Å². The van der Waals surface area contributed by atoms with Crippen LogP contribution in [0.25, 0.3) is 0 Å². The van der Waals surface area contributed by atoms with Crippen LogP contribution in [0.2, 0.25) is 5.02 Å². The average molecular weight is 412 g/mol. The number of carbonyl (C=O) groups excluding carboxylic acids is 1. The SMILES string of the molecule is CC[C@H](N[S@@](=O)C(C)(C)C)c1ccc(Cl)c(Oc2cccc(C=O)c2)c1F. The van der Waals surface area contributed by atoms with E-state index in [0.717, 1.165) is 0 Å². The zero-order valence-corrected chi connectivity index (χ0v) is 17.3. The molecule has 0 aliphatic carbocycles. The van der Waals surface area contributed by atoms with Gasteiger partial charge in [0.2, 0.25) is 0 Å². The number of hydrogen-bond acceptors (Lipinski definition) is 3. The Kier molecular flexibility index (Phi) is 7.14. The Morgan fingerprint density at radius 2 is 2.00 bits per heavy atom. The minimum atomic E-state index is -1.36. The maximum absolute atomic E-state index is 15.2. The number of halogens is 2. The summed E-state index contributed by atoms with van der Waals surface area (Å²) in [5, 5.41) is 0.111. The number of hydrogen-bond donors (Lipinski definition) is 1. The fraction of sp³-hybridized carbons (Fsp3) is 0.350. The lowest BCUT2D eigenvalue weighted by molar-refractivity contribution is 0.112. The molecule has 2 rings (SSSR count). The Labute approximate surface area is 166 Å². The highest BCUT2D eigenvalue weighted by molar-refractivity contribution is 7.84. The highest BCUT2D eigenvalue weighted by Crippen LogP contribution is 2.37. The number of carbonyl (C=O) groups is 1. The van der Waals surface area contributed by atoms with Crippen molar-refractivity contribution < 1.29 is 18.1 Å². The molecule has 2 aromatic rings. The molecule has 0 saturated heterocycles. The number of rotatable bonds is 7. The second-order valence-electron chi connectivity index (χ2n) is 7.03. The molecular formula is C20H23ClFNO3S. The Balaban J connectivity index is 2.38. The van der Waals surface area contributed by atoms with Crippen molar-refractivity contribution in [3.63, 3.8) is 0 Å². The largest absolute Gasteiger partial charge is 0.453 e. The smallest absolute Gasteiger partial charge is 0.181 e. The van der Waals surface area contributed by atoms with Gasteiger partial charge >= 0.3 is 0 Å². The first kappa shape index (κ1) is 21.5. The maximum Gasteiger partial charge on any atom is 0.181 e. The zero-order chi connectivity index (χ0) is 20.2. The van der Waals surface area contributed by atoms with Crippen molar-refractivity contribution in [1.82, 2.24) is 4.72 Å². The molecule has 0 fully saturated rings. The van der Waals surface area contributed by atoms with Gasteiger partial charge in [0, 0.05) is 17.2 Å². The first-order valence-electron chi connectivity index (χ1n) is 8.56. The van der Waals surface area contributed by atoms with Crippen molar-refractivity contribution in [1.29, 1.82) is 0 Å². The summed E-state index contributed by atoms with van der Waals surface area (Å²) in [7, 11) is -1.36. The Morgan fingerprint density at radius 3 is 2.59 bits per heavy atom. The molecule has 0 bridgehead atoms. The zero-order valence-electron chi connectivity index (χ0n) is 15.7. The molecule has 2 aromatic carbocycles. The van der Waals surface area contributed by atoms with Gasteiger partial charge in [-0.3, -0.25) is 4.79 Å². The third-order valence-electron chi connectivity index (χ3n) is 3.88. The predicted octanol–water partition coefficient (Wildman–Crippen LogP) is 5.59. The van der Waals surface area contributed by atoms with Gasteiger partial charge in [0.05, 0.1) is 20.8 Å². The topological polar surface area (TPSA) is 55.4 Å². The van der Waals surface area contributed by atoms with Crippen LogP contribution in [0.15, 0.2) is 36.4 Å². The normalized spacial score (nSPS) is 13.9. The Morgan fingerprint density at radius 1 is 1.30 bits per heavy atom. The van der Waals surface area contributed by atoms with Gasteiger partial charge in [-0.2, -0.15) is 0 Å². The fourth-order valence-corrected chi connectivity index (χ4v) is 3.44. The van der Waals surface area contributed by atoms with E-state index in [1.54, 1.807) is 30.3 Å². The molecule has 7 heteroatoms. The second kappa shape index (κ2) is 8.95.